The quantitative estimate of drug-likeness (QED) is 0.676. The molecule has 0 spiro atoms. The van der Waals surface area contributed by atoms with Crippen molar-refractivity contribution in [3.05, 3.63) is 51.7 Å². The molecule has 0 saturated heterocycles. The van der Waals surface area contributed by atoms with Crippen molar-refractivity contribution in [1.29, 1.82) is 0 Å². The van der Waals surface area contributed by atoms with Crippen LogP contribution in [0.25, 0.3) is 11.4 Å². The second-order valence-corrected chi connectivity index (χ2v) is 6.61. The Morgan fingerprint density at radius 3 is 2.75 bits per heavy atom. The van der Waals surface area contributed by atoms with E-state index in [0.717, 1.165) is 10.4 Å². The van der Waals surface area contributed by atoms with E-state index in [0.29, 0.717) is 23.9 Å². The number of likely N-dealkylation sites (N-methyl/N-ethyl adjacent to an activating group) is 1. The molecule has 8 heteroatoms. The highest BCUT2D eigenvalue weighted by molar-refractivity contribution is 7.09. The Kier molecular flexibility index (Phi) is 5.22. The third-order valence-corrected chi connectivity index (χ3v) is 4.61. The lowest BCUT2D eigenvalue weighted by molar-refractivity contribution is -0.132. The molecule has 0 aliphatic heterocycles. The van der Waals surface area contributed by atoms with Crippen LogP contribution in [0.4, 0.5) is 0 Å². The molecule has 0 unspecified atom stereocenters. The molecule has 0 radical (unpaired) electrons. The summed E-state index contributed by atoms with van der Waals surface area (Å²) in [7, 11) is 0. The Bertz CT molecular complexity index is 800. The molecule has 2 heterocycles. The van der Waals surface area contributed by atoms with E-state index in [1.807, 2.05) is 36.6 Å². The van der Waals surface area contributed by atoms with Crippen LogP contribution in [0.3, 0.4) is 0 Å². The zero-order valence-electron chi connectivity index (χ0n) is 13.1. The van der Waals surface area contributed by atoms with Gasteiger partial charge < -0.3 is 4.90 Å². The topological polar surface area (TPSA) is 63.9 Å². The Labute approximate surface area is 148 Å². The smallest absolute Gasteiger partial charge is 0.246 e. The molecule has 0 aliphatic carbocycles. The van der Waals surface area contributed by atoms with Gasteiger partial charge in [-0.25, -0.2) is 0 Å². The Morgan fingerprint density at radius 1 is 1.29 bits per heavy atom. The third-order valence-electron chi connectivity index (χ3n) is 3.49. The number of tetrazole rings is 1. The predicted octanol–water partition coefficient (Wildman–Crippen LogP) is 3.10. The first kappa shape index (κ1) is 16.6. The summed E-state index contributed by atoms with van der Waals surface area (Å²) in [6, 6.07) is 11.2. The maximum atomic E-state index is 12.4. The largest absolute Gasteiger partial charge is 0.336 e. The summed E-state index contributed by atoms with van der Waals surface area (Å²) in [6.07, 6.45) is 0. The van der Waals surface area contributed by atoms with Crippen LogP contribution >= 0.6 is 22.9 Å². The molecule has 24 heavy (non-hydrogen) atoms. The Morgan fingerprint density at radius 2 is 2.08 bits per heavy atom. The zero-order valence-corrected chi connectivity index (χ0v) is 14.7. The van der Waals surface area contributed by atoms with Crippen molar-refractivity contribution in [2.45, 2.75) is 20.0 Å². The van der Waals surface area contributed by atoms with Crippen molar-refractivity contribution in [3.63, 3.8) is 0 Å². The van der Waals surface area contributed by atoms with Crippen LogP contribution in [0, 0.1) is 0 Å². The summed E-state index contributed by atoms with van der Waals surface area (Å²) in [5.74, 6) is 0.437. The fourth-order valence-electron chi connectivity index (χ4n) is 2.21. The van der Waals surface area contributed by atoms with E-state index >= 15 is 0 Å². The van der Waals surface area contributed by atoms with Gasteiger partial charge in [0.1, 0.15) is 6.54 Å². The summed E-state index contributed by atoms with van der Waals surface area (Å²) in [5.41, 5.74) is 0.809. The first-order valence-corrected chi connectivity index (χ1v) is 8.75. The summed E-state index contributed by atoms with van der Waals surface area (Å²) in [6.45, 7) is 3.26. The van der Waals surface area contributed by atoms with Gasteiger partial charge in [0.25, 0.3) is 0 Å². The first-order chi connectivity index (χ1) is 11.7. The molecule has 1 amide bonds. The van der Waals surface area contributed by atoms with Crippen LogP contribution in [0.15, 0.2) is 41.8 Å². The number of aromatic nitrogens is 4. The van der Waals surface area contributed by atoms with Crippen molar-refractivity contribution >= 4 is 28.8 Å². The molecule has 0 fully saturated rings. The number of thiophene rings is 1. The number of benzene rings is 1. The molecule has 0 bridgehead atoms. The van der Waals surface area contributed by atoms with E-state index in [-0.39, 0.29) is 12.5 Å². The van der Waals surface area contributed by atoms with Crippen LogP contribution in [0.5, 0.6) is 0 Å². The first-order valence-electron chi connectivity index (χ1n) is 7.49. The van der Waals surface area contributed by atoms with E-state index in [1.54, 1.807) is 28.4 Å². The molecule has 1 aromatic carbocycles. The molecule has 0 N–H and O–H groups in total. The lowest BCUT2D eigenvalue weighted by Gasteiger charge is -2.19. The molecular formula is C16H16ClN5OS. The van der Waals surface area contributed by atoms with Crippen LogP contribution in [-0.2, 0) is 17.9 Å². The molecule has 6 nitrogen and oxygen atoms in total. The van der Waals surface area contributed by atoms with Gasteiger partial charge in [-0.15, -0.1) is 21.5 Å². The summed E-state index contributed by atoms with van der Waals surface area (Å²) >= 11 is 7.51. The minimum atomic E-state index is -0.0362. The lowest BCUT2D eigenvalue weighted by Crippen LogP contribution is -2.33. The van der Waals surface area contributed by atoms with Crippen molar-refractivity contribution in [2.24, 2.45) is 0 Å². The lowest BCUT2D eigenvalue weighted by atomic mass is 10.2. The fraction of sp³-hybridized carbons (Fsp3) is 0.250. The van der Waals surface area contributed by atoms with E-state index in [9.17, 15) is 4.79 Å². The number of carbonyl (C=O) groups is 1. The van der Waals surface area contributed by atoms with Crippen LogP contribution < -0.4 is 0 Å². The maximum Gasteiger partial charge on any atom is 0.246 e. The van der Waals surface area contributed by atoms with Gasteiger partial charge in [0.05, 0.1) is 6.54 Å². The minimum absolute atomic E-state index is 0.0362. The van der Waals surface area contributed by atoms with Gasteiger partial charge >= 0.3 is 0 Å². The number of carbonyl (C=O) groups excluding carboxylic acids is 1. The Balaban J connectivity index is 1.67. The fourth-order valence-corrected chi connectivity index (χ4v) is 3.06. The van der Waals surface area contributed by atoms with Crippen LogP contribution in [-0.4, -0.2) is 37.6 Å². The van der Waals surface area contributed by atoms with Gasteiger partial charge in [-0.3, -0.25) is 4.79 Å². The van der Waals surface area contributed by atoms with E-state index in [4.69, 9.17) is 11.6 Å². The normalized spacial score (nSPS) is 10.8. The monoisotopic (exact) mass is 361 g/mol. The van der Waals surface area contributed by atoms with E-state index in [1.165, 1.54) is 4.80 Å². The summed E-state index contributed by atoms with van der Waals surface area (Å²) in [5, 5.41) is 14.9. The average molecular weight is 362 g/mol. The van der Waals surface area contributed by atoms with Gasteiger partial charge in [-0.1, -0.05) is 17.7 Å². The molecule has 124 valence electrons. The summed E-state index contributed by atoms with van der Waals surface area (Å²) < 4.78 is 0. The highest BCUT2D eigenvalue weighted by Gasteiger charge is 2.15. The average Bonchev–Trinajstić information content (AvgIpc) is 3.25. The van der Waals surface area contributed by atoms with Gasteiger partial charge in [0.2, 0.25) is 11.7 Å². The molecule has 3 rings (SSSR count). The highest BCUT2D eigenvalue weighted by atomic mass is 35.5. The van der Waals surface area contributed by atoms with Crippen molar-refractivity contribution < 1.29 is 4.79 Å². The van der Waals surface area contributed by atoms with Gasteiger partial charge in [0, 0.05) is 22.0 Å². The third kappa shape index (κ3) is 3.98. The minimum Gasteiger partial charge on any atom is -0.336 e. The Hall–Kier alpha value is -2.25. The zero-order chi connectivity index (χ0) is 16.9. The van der Waals surface area contributed by atoms with Crippen molar-refractivity contribution in [3.8, 4) is 11.4 Å². The van der Waals surface area contributed by atoms with Crippen molar-refractivity contribution in [1.82, 2.24) is 25.1 Å². The molecule has 2 aromatic heterocycles. The number of amides is 1. The molecule has 0 saturated carbocycles. The molecular weight excluding hydrogens is 346 g/mol. The number of rotatable bonds is 6. The number of hydrogen-bond donors (Lipinski definition) is 0. The predicted molar refractivity (Wildman–Crippen MR) is 93.7 cm³/mol. The van der Waals surface area contributed by atoms with Gasteiger partial charge in [0.15, 0.2) is 0 Å². The van der Waals surface area contributed by atoms with E-state index < -0.39 is 0 Å². The number of halogens is 1. The van der Waals surface area contributed by atoms with E-state index in [2.05, 4.69) is 15.4 Å². The number of nitrogens with zero attached hydrogens (tertiary/aromatic N) is 5. The molecule has 0 aliphatic rings. The SMILES string of the molecule is CCN(Cc1cccs1)C(=O)Cn1nnc(-c2ccc(Cl)cc2)n1. The van der Waals surface area contributed by atoms with Crippen LogP contribution in [0.2, 0.25) is 5.02 Å². The highest BCUT2D eigenvalue weighted by Crippen LogP contribution is 2.17. The van der Waals surface area contributed by atoms with Crippen molar-refractivity contribution in [2.75, 3.05) is 6.54 Å². The second kappa shape index (κ2) is 7.55. The summed E-state index contributed by atoms with van der Waals surface area (Å²) in [4.78, 5) is 16.7. The van der Waals surface area contributed by atoms with Crippen LogP contribution in [0.1, 0.15) is 11.8 Å². The van der Waals surface area contributed by atoms with Gasteiger partial charge in [-0.2, -0.15) is 4.80 Å². The van der Waals surface area contributed by atoms with Gasteiger partial charge in [-0.05, 0) is 47.8 Å². The molecule has 3 aromatic rings. The second-order valence-electron chi connectivity index (χ2n) is 5.14. The number of hydrogen-bond acceptors (Lipinski definition) is 5. The standard InChI is InChI=1S/C16H16ClN5OS/c1-2-21(10-14-4-3-9-24-14)15(23)11-22-19-16(18-20-22)12-5-7-13(17)8-6-12/h3-9H,2,10-11H2,1H3. The maximum absolute atomic E-state index is 12.4. The molecule has 0 atom stereocenters.